The molecule has 0 fully saturated rings. The van der Waals surface area contributed by atoms with Crippen LogP contribution in [0.2, 0.25) is 0 Å². The minimum atomic E-state index is -2.86. The molecule has 8 heteroatoms. The van der Waals surface area contributed by atoms with Crippen LogP contribution < -0.4 is 10.1 Å². The van der Waals surface area contributed by atoms with Crippen molar-refractivity contribution >= 4 is 16.3 Å². The zero-order chi connectivity index (χ0) is 16.1. The molecule has 22 heavy (non-hydrogen) atoms. The molecule has 5 nitrogen and oxygen atoms in total. The van der Waals surface area contributed by atoms with Gasteiger partial charge in [-0.1, -0.05) is 23.5 Å². The van der Waals surface area contributed by atoms with E-state index in [0.29, 0.717) is 6.54 Å². The molecule has 1 heterocycles. The van der Waals surface area contributed by atoms with Crippen molar-refractivity contribution in [3.05, 3.63) is 57.0 Å². The summed E-state index contributed by atoms with van der Waals surface area (Å²) < 4.78 is 28.8. The SMILES string of the molecule is CC(NCc1csc([N+](=O)[O-])c1)c1cccc(OC(F)F)c1. The van der Waals surface area contributed by atoms with Gasteiger partial charge in [-0.05, 0) is 30.2 Å². The highest BCUT2D eigenvalue weighted by Crippen LogP contribution is 2.24. The Morgan fingerprint density at radius 1 is 1.41 bits per heavy atom. The standard InChI is InChI=1S/C14H14F2N2O3S/c1-9(11-3-2-4-12(6-11)21-14(15)16)17-7-10-5-13(18(19)20)22-8-10/h2-6,8-9,14,17H,7H2,1H3. The van der Waals surface area contributed by atoms with E-state index in [1.54, 1.807) is 23.6 Å². The van der Waals surface area contributed by atoms with Crippen LogP contribution in [-0.2, 0) is 6.54 Å². The van der Waals surface area contributed by atoms with Crippen LogP contribution in [0, 0.1) is 10.1 Å². The van der Waals surface area contributed by atoms with Crippen molar-refractivity contribution in [3.63, 3.8) is 0 Å². The summed E-state index contributed by atoms with van der Waals surface area (Å²) in [5.74, 6) is 0.104. The zero-order valence-electron chi connectivity index (χ0n) is 11.7. The van der Waals surface area contributed by atoms with Crippen LogP contribution in [0.15, 0.2) is 35.7 Å². The van der Waals surface area contributed by atoms with Gasteiger partial charge in [0, 0.05) is 24.0 Å². The molecule has 1 unspecified atom stereocenters. The number of nitro groups is 1. The Bertz CT molecular complexity index is 649. The number of benzene rings is 1. The Balaban J connectivity index is 1.96. The Labute approximate surface area is 129 Å². The first-order chi connectivity index (χ1) is 10.5. The molecule has 1 atom stereocenters. The van der Waals surface area contributed by atoms with Gasteiger partial charge in [0.2, 0.25) is 0 Å². The van der Waals surface area contributed by atoms with Crippen molar-refractivity contribution in [1.82, 2.24) is 5.32 Å². The van der Waals surface area contributed by atoms with Crippen LogP contribution in [0.4, 0.5) is 13.8 Å². The van der Waals surface area contributed by atoms with E-state index in [1.807, 2.05) is 6.92 Å². The summed E-state index contributed by atoms with van der Waals surface area (Å²) in [5.41, 5.74) is 1.60. The normalized spacial score (nSPS) is 12.4. The van der Waals surface area contributed by atoms with Crippen molar-refractivity contribution in [2.45, 2.75) is 26.1 Å². The molecule has 0 aliphatic carbocycles. The molecular weight excluding hydrogens is 314 g/mol. The fourth-order valence-electron chi connectivity index (χ4n) is 1.90. The maximum absolute atomic E-state index is 12.2. The monoisotopic (exact) mass is 328 g/mol. The highest BCUT2D eigenvalue weighted by atomic mass is 32.1. The van der Waals surface area contributed by atoms with Crippen molar-refractivity contribution in [1.29, 1.82) is 0 Å². The van der Waals surface area contributed by atoms with Crippen molar-refractivity contribution in [2.24, 2.45) is 0 Å². The van der Waals surface area contributed by atoms with Gasteiger partial charge >= 0.3 is 11.6 Å². The van der Waals surface area contributed by atoms with Crippen LogP contribution >= 0.6 is 11.3 Å². The zero-order valence-corrected chi connectivity index (χ0v) is 12.5. The number of nitrogens with zero attached hydrogens (tertiary/aromatic N) is 1. The average Bonchev–Trinajstić information content (AvgIpc) is 2.93. The van der Waals surface area contributed by atoms with E-state index in [9.17, 15) is 18.9 Å². The van der Waals surface area contributed by atoms with Crippen molar-refractivity contribution in [2.75, 3.05) is 0 Å². The van der Waals surface area contributed by atoms with Crippen LogP contribution in [0.25, 0.3) is 0 Å². The van der Waals surface area contributed by atoms with Gasteiger partial charge in [-0.3, -0.25) is 10.1 Å². The largest absolute Gasteiger partial charge is 0.435 e. The molecule has 0 aliphatic heterocycles. The molecule has 2 rings (SSSR count). The molecule has 0 amide bonds. The van der Waals surface area contributed by atoms with Gasteiger partial charge in [-0.2, -0.15) is 8.78 Å². The van der Waals surface area contributed by atoms with Gasteiger partial charge in [-0.25, -0.2) is 0 Å². The minimum Gasteiger partial charge on any atom is -0.435 e. The van der Waals surface area contributed by atoms with E-state index in [1.165, 1.54) is 12.1 Å². The van der Waals surface area contributed by atoms with Gasteiger partial charge in [-0.15, -0.1) is 0 Å². The number of alkyl halides is 2. The maximum Gasteiger partial charge on any atom is 0.387 e. The molecule has 1 aromatic heterocycles. The number of hydrogen-bond acceptors (Lipinski definition) is 5. The van der Waals surface area contributed by atoms with Gasteiger partial charge in [0.25, 0.3) is 0 Å². The topological polar surface area (TPSA) is 64.4 Å². The van der Waals surface area contributed by atoms with Crippen LogP contribution in [-0.4, -0.2) is 11.5 Å². The van der Waals surface area contributed by atoms with Crippen molar-refractivity contribution in [3.8, 4) is 5.75 Å². The molecule has 0 saturated carbocycles. The van der Waals surface area contributed by atoms with E-state index >= 15 is 0 Å². The fraction of sp³-hybridized carbons (Fsp3) is 0.286. The smallest absolute Gasteiger partial charge is 0.387 e. The lowest BCUT2D eigenvalue weighted by Gasteiger charge is -2.15. The predicted molar refractivity (Wildman–Crippen MR) is 79.3 cm³/mol. The van der Waals surface area contributed by atoms with E-state index in [2.05, 4.69) is 10.1 Å². The molecule has 1 N–H and O–H groups in total. The summed E-state index contributed by atoms with van der Waals surface area (Å²) in [5, 5.41) is 15.6. The molecule has 0 spiro atoms. The third-order valence-electron chi connectivity index (χ3n) is 3.02. The van der Waals surface area contributed by atoms with E-state index in [4.69, 9.17) is 0 Å². The number of halogens is 2. The predicted octanol–water partition coefficient (Wildman–Crippen LogP) is 4.11. The minimum absolute atomic E-state index is 0.0942. The van der Waals surface area contributed by atoms with Crippen molar-refractivity contribution < 1.29 is 18.4 Å². The summed E-state index contributed by atoms with van der Waals surface area (Å²) in [6.07, 6.45) is 0. The second-order valence-electron chi connectivity index (χ2n) is 4.60. The Kier molecular flexibility index (Phi) is 5.40. The highest BCUT2D eigenvalue weighted by Gasteiger charge is 2.12. The fourth-order valence-corrected chi connectivity index (χ4v) is 2.63. The van der Waals surface area contributed by atoms with Gasteiger partial charge in [0.05, 0.1) is 4.92 Å². The Morgan fingerprint density at radius 2 is 2.18 bits per heavy atom. The summed E-state index contributed by atoms with van der Waals surface area (Å²) >= 11 is 1.07. The summed E-state index contributed by atoms with van der Waals surface area (Å²) in [6, 6.07) is 7.85. The van der Waals surface area contributed by atoms with E-state index in [0.717, 1.165) is 22.5 Å². The first kappa shape index (κ1) is 16.3. The molecule has 118 valence electrons. The lowest BCUT2D eigenvalue weighted by Crippen LogP contribution is -2.17. The molecule has 0 bridgehead atoms. The number of nitrogens with one attached hydrogen (secondary N) is 1. The second-order valence-corrected chi connectivity index (χ2v) is 5.49. The molecule has 1 aromatic carbocycles. The maximum atomic E-state index is 12.2. The first-order valence-corrected chi connectivity index (χ1v) is 7.33. The van der Waals surface area contributed by atoms with Crippen LogP contribution in [0.5, 0.6) is 5.75 Å². The van der Waals surface area contributed by atoms with Gasteiger partial charge < -0.3 is 10.1 Å². The number of hydrogen-bond donors (Lipinski definition) is 1. The van der Waals surface area contributed by atoms with E-state index in [-0.39, 0.29) is 16.8 Å². The number of ether oxygens (including phenoxy) is 1. The van der Waals surface area contributed by atoms with Gasteiger partial charge in [0.1, 0.15) is 5.75 Å². The van der Waals surface area contributed by atoms with Gasteiger partial charge in [0.15, 0.2) is 0 Å². The van der Waals surface area contributed by atoms with E-state index < -0.39 is 11.5 Å². The molecule has 0 saturated heterocycles. The lowest BCUT2D eigenvalue weighted by atomic mass is 10.1. The summed E-state index contributed by atoms with van der Waals surface area (Å²) in [4.78, 5) is 10.2. The third-order valence-corrected chi connectivity index (χ3v) is 3.94. The lowest BCUT2D eigenvalue weighted by molar-refractivity contribution is -0.380. The third kappa shape index (κ3) is 4.47. The quantitative estimate of drug-likeness (QED) is 0.614. The average molecular weight is 328 g/mol. The summed E-state index contributed by atoms with van der Waals surface area (Å²) in [6.45, 7) is -0.530. The number of thiophene rings is 1. The van der Waals surface area contributed by atoms with Crippen LogP contribution in [0.1, 0.15) is 24.1 Å². The second kappa shape index (κ2) is 7.28. The molecular formula is C14H14F2N2O3S. The van der Waals surface area contributed by atoms with Crippen LogP contribution in [0.3, 0.4) is 0 Å². The summed E-state index contributed by atoms with van der Waals surface area (Å²) in [7, 11) is 0. The number of rotatable bonds is 7. The molecule has 0 aliphatic rings. The Morgan fingerprint density at radius 3 is 2.82 bits per heavy atom. The highest BCUT2D eigenvalue weighted by molar-refractivity contribution is 7.13. The molecule has 0 radical (unpaired) electrons. The molecule has 2 aromatic rings. The first-order valence-electron chi connectivity index (χ1n) is 6.45. The Hall–Kier alpha value is -2.06.